The molecule has 0 amide bonds. The third-order valence-electron chi connectivity index (χ3n) is 3.47. The van der Waals surface area contributed by atoms with Gasteiger partial charge in [0.1, 0.15) is 25.5 Å². The Labute approximate surface area is 159 Å². The largest absolute Gasteiger partial charge is 0.573 e. The molecule has 0 saturated heterocycles. The van der Waals surface area contributed by atoms with Gasteiger partial charge in [0, 0.05) is 16.7 Å². The molecule has 0 atom stereocenters. The highest BCUT2D eigenvalue weighted by Crippen LogP contribution is 2.23. The summed E-state index contributed by atoms with van der Waals surface area (Å²) in [5.74, 6) is -0.348. The van der Waals surface area contributed by atoms with Crippen LogP contribution in [0.25, 0.3) is 0 Å². The van der Waals surface area contributed by atoms with Crippen LogP contribution in [0.2, 0.25) is 0 Å². The van der Waals surface area contributed by atoms with E-state index in [1.54, 1.807) is 37.3 Å². The zero-order valence-corrected chi connectivity index (χ0v) is 15.0. The van der Waals surface area contributed by atoms with Crippen molar-refractivity contribution in [3.63, 3.8) is 0 Å². The summed E-state index contributed by atoms with van der Waals surface area (Å²) in [4.78, 5) is 9.97. The Morgan fingerprint density at radius 2 is 1.86 bits per heavy atom. The molecule has 0 unspecified atom stereocenters. The average molecular weight is 391 g/mol. The van der Waals surface area contributed by atoms with Crippen LogP contribution in [0.3, 0.4) is 0 Å². The Balaban J connectivity index is 2.13. The number of nitrogens with zero attached hydrogens (tertiary/aromatic N) is 3. The summed E-state index contributed by atoms with van der Waals surface area (Å²) in [6, 6.07) is 14.3. The first-order valence-electron chi connectivity index (χ1n) is 7.96. The second kappa shape index (κ2) is 9.41. The second-order valence-corrected chi connectivity index (χ2v) is 5.42. The molecule has 2 rings (SSSR count). The molecule has 0 aromatic heterocycles. The summed E-state index contributed by atoms with van der Waals surface area (Å²) in [5, 5.41) is 16.8. The van der Waals surface area contributed by atoms with Crippen LogP contribution in [-0.4, -0.2) is 24.9 Å². The van der Waals surface area contributed by atoms with Crippen LogP contribution in [0, 0.1) is 11.3 Å². The van der Waals surface area contributed by atoms with Gasteiger partial charge in [-0.2, -0.15) is 5.26 Å². The first-order valence-corrected chi connectivity index (χ1v) is 7.96. The summed E-state index contributed by atoms with van der Waals surface area (Å²) in [6.07, 6.45) is -4.77. The van der Waals surface area contributed by atoms with E-state index in [0.29, 0.717) is 22.4 Å². The van der Waals surface area contributed by atoms with Crippen molar-refractivity contribution in [1.82, 2.24) is 0 Å². The molecule has 0 heterocycles. The van der Waals surface area contributed by atoms with Gasteiger partial charge < -0.3 is 14.4 Å². The molecule has 0 spiro atoms. The highest BCUT2D eigenvalue weighted by molar-refractivity contribution is 6.12. The van der Waals surface area contributed by atoms with Gasteiger partial charge in [-0.15, -0.1) is 13.2 Å². The van der Waals surface area contributed by atoms with E-state index < -0.39 is 6.36 Å². The molecular formula is C19H16F3N3O3. The Hall–Kier alpha value is -3.54. The van der Waals surface area contributed by atoms with Crippen LogP contribution in [-0.2, 0) is 16.3 Å². The molecule has 9 heteroatoms. The monoisotopic (exact) mass is 391 g/mol. The van der Waals surface area contributed by atoms with Crippen molar-refractivity contribution in [2.45, 2.75) is 19.9 Å². The molecule has 146 valence electrons. The lowest BCUT2D eigenvalue weighted by molar-refractivity contribution is -0.274. The zero-order chi connectivity index (χ0) is 20.6. The SMILES string of the molecule is CO/N=C(/C#N)c1ccccc1CO/N=C(\C)c1cccc(OC(F)(F)F)c1. The van der Waals surface area contributed by atoms with Gasteiger partial charge in [0.15, 0.2) is 5.71 Å². The first-order chi connectivity index (χ1) is 13.3. The maximum atomic E-state index is 12.3. The molecule has 0 bridgehead atoms. The summed E-state index contributed by atoms with van der Waals surface area (Å²) in [6.45, 7) is 1.61. The van der Waals surface area contributed by atoms with E-state index in [-0.39, 0.29) is 18.1 Å². The van der Waals surface area contributed by atoms with Gasteiger partial charge in [-0.05, 0) is 19.1 Å². The molecule has 28 heavy (non-hydrogen) atoms. The molecule has 0 N–H and O–H groups in total. The van der Waals surface area contributed by atoms with Crippen LogP contribution < -0.4 is 4.74 Å². The Morgan fingerprint density at radius 3 is 2.54 bits per heavy atom. The molecule has 2 aromatic carbocycles. The molecule has 0 aliphatic rings. The van der Waals surface area contributed by atoms with Gasteiger partial charge in [-0.3, -0.25) is 0 Å². The molecule has 6 nitrogen and oxygen atoms in total. The highest BCUT2D eigenvalue weighted by atomic mass is 19.4. The number of oxime groups is 2. The molecule has 0 aliphatic carbocycles. The van der Waals surface area contributed by atoms with Crippen molar-refractivity contribution >= 4 is 11.4 Å². The maximum absolute atomic E-state index is 12.3. The molecule has 2 aromatic rings. The third kappa shape index (κ3) is 6.02. The molecule has 0 fully saturated rings. The summed E-state index contributed by atoms with van der Waals surface area (Å²) >= 11 is 0. The van der Waals surface area contributed by atoms with Gasteiger partial charge >= 0.3 is 6.36 Å². The predicted molar refractivity (Wildman–Crippen MR) is 95.7 cm³/mol. The van der Waals surface area contributed by atoms with Gasteiger partial charge in [0.25, 0.3) is 0 Å². The normalized spacial score (nSPS) is 12.3. The highest BCUT2D eigenvalue weighted by Gasteiger charge is 2.31. The Kier molecular flexibility index (Phi) is 6.98. The van der Waals surface area contributed by atoms with Gasteiger partial charge in [-0.25, -0.2) is 0 Å². The number of alkyl halides is 3. The molecular weight excluding hydrogens is 375 g/mol. The predicted octanol–water partition coefficient (Wildman–Crippen LogP) is 4.40. The van der Waals surface area contributed by atoms with Crippen LogP contribution in [0.15, 0.2) is 58.8 Å². The number of benzene rings is 2. The lowest BCUT2D eigenvalue weighted by atomic mass is 10.0. The summed E-state index contributed by atoms with van der Waals surface area (Å²) in [5.41, 5.74) is 2.02. The lowest BCUT2D eigenvalue weighted by Gasteiger charge is -2.10. The number of rotatable bonds is 7. The standard InChI is InChI=1S/C19H16F3N3O3/c1-13(14-7-5-8-16(10-14)28-19(20,21)22)24-27-12-15-6-3-4-9-17(15)18(11-23)25-26-2/h3-10H,12H2,1-2H3/b24-13+,25-18-. The van der Waals surface area contributed by atoms with E-state index in [2.05, 4.69) is 19.9 Å². The van der Waals surface area contributed by atoms with Crippen LogP contribution in [0.5, 0.6) is 5.75 Å². The minimum absolute atomic E-state index is 0.0245. The first kappa shape index (κ1) is 20.8. The van der Waals surface area contributed by atoms with E-state index >= 15 is 0 Å². The van der Waals surface area contributed by atoms with Gasteiger partial charge in [0.05, 0.1) is 5.71 Å². The fourth-order valence-corrected chi connectivity index (χ4v) is 2.27. The lowest BCUT2D eigenvalue weighted by Crippen LogP contribution is -2.17. The Morgan fingerprint density at radius 1 is 1.11 bits per heavy atom. The summed E-state index contributed by atoms with van der Waals surface area (Å²) in [7, 11) is 1.33. The fourth-order valence-electron chi connectivity index (χ4n) is 2.27. The van der Waals surface area contributed by atoms with Crippen LogP contribution in [0.1, 0.15) is 23.6 Å². The van der Waals surface area contributed by atoms with E-state index in [1.807, 2.05) is 6.07 Å². The van der Waals surface area contributed by atoms with Crippen molar-refractivity contribution in [2.75, 3.05) is 7.11 Å². The smallest absolute Gasteiger partial charge is 0.406 e. The average Bonchev–Trinajstić information content (AvgIpc) is 2.65. The van der Waals surface area contributed by atoms with E-state index in [4.69, 9.17) is 4.84 Å². The zero-order valence-electron chi connectivity index (χ0n) is 15.0. The van der Waals surface area contributed by atoms with Gasteiger partial charge in [0.2, 0.25) is 0 Å². The van der Waals surface area contributed by atoms with Gasteiger partial charge in [-0.1, -0.05) is 46.7 Å². The van der Waals surface area contributed by atoms with Crippen LogP contribution in [0.4, 0.5) is 13.2 Å². The molecule has 0 saturated carbocycles. The van der Waals surface area contributed by atoms with E-state index in [9.17, 15) is 18.4 Å². The minimum Gasteiger partial charge on any atom is -0.406 e. The van der Waals surface area contributed by atoms with Crippen LogP contribution >= 0.6 is 0 Å². The number of hydrogen-bond donors (Lipinski definition) is 0. The number of halogens is 3. The number of hydrogen-bond acceptors (Lipinski definition) is 6. The number of nitriles is 1. The topological polar surface area (TPSA) is 76.2 Å². The third-order valence-corrected chi connectivity index (χ3v) is 3.47. The maximum Gasteiger partial charge on any atom is 0.573 e. The van der Waals surface area contributed by atoms with E-state index in [1.165, 1.54) is 25.3 Å². The van der Waals surface area contributed by atoms with Crippen molar-refractivity contribution in [3.8, 4) is 11.8 Å². The van der Waals surface area contributed by atoms with E-state index in [0.717, 1.165) is 0 Å². The minimum atomic E-state index is -4.77. The molecule has 0 radical (unpaired) electrons. The molecule has 0 aliphatic heterocycles. The quantitative estimate of drug-likeness (QED) is 0.518. The fraction of sp³-hybridized carbons (Fsp3) is 0.211. The Bertz CT molecular complexity index is 918. The second-order valence-electron chi connectivity index (χ2n) is 5.42. The van der Waals surface area contributed by atoms with Crippen molar-refractivity contribution in [1.29, 1.82) is 5.26 Å². The van der Waals surface area contributed by atoms with Crippen molar-refractivity contribution < 1.29 is 27.6 Å². The summed E-state index contributed by atoms with van der Waals surface area (Å²) < 4.78 is 40.9. The number of ether oxygens (including phenoxy) is 1. The van der Waals surface area contributed by atoms with Crippen molar-refractivity contribution in [3.05, 3.63) is 65.2 Å². The van der Waals surface area contributed by atoms with Crippen molar-refractivity contribution in [2.24, 2.45) is 10.3 Å².